The van der Waals surface area contributed by atoms with Crippen LogP contribution in [-0.2, 0) is 11.2 Å². The summed E-state index contributed by atoms with van der Waals surface area (Å²) >= 11 is 0. The van der Waals surface area contributed by atoms with Crippen molar-refractivity contribution < 1.29 is 19.2 Å². The smallest absolute Gasteiger partial charge is 0.303 e. The molecular weight excluding hydrogens is 272 g/mol. The Bertz CT molecular complexity index is 506. The molecule has 0 unspecified atom stereocenters. The van der Waals surface area contributed by atoms with Crippen LogP contribution in [0.3, 0.4) is 0 Å². The number of carboxylic acids is 1. The summed E-state index contributed by atoms with van der Waals surface area (Å²) in [4.78, 5) is 22.8. The van der Waals surface area contributed by atoms with Gasteiger partial charge in [-0.05, 0) is 31.6 Å². The number of carbonyl (C=O) groups is 2. The molecule has 0 saturated carbocycles. The summed E-state index contributed by atoms with van der Waals surface area (Å²) in [6, 6.07) is 0. The Kier molecular flexibility index (Phi) is 5.93. The van der Waals surface area contributed by atoms with Crippen LogP contribution >= 0.6 is 0 Å². The maximum Gasteiger partial charge on any atom is 0.303 e. The molecule has 1 amide bonds. The van der Waals surface area contributed by atoms with Crippen molar-refractivity contribution in [1.82, 2.24) is 10.5 Å². The summed E-state index contributed by atoms with van der Waals surface area (Å²) < 4.78 is 5.04. The predicted molar refractivity (Wildman–Crippen MR) is 78.2 cm³/mol. The number of aromatic nitrogens is 1. The second kappa shape index (κ2) is 7.24. The van der Waals surface area contributed by atoms with Gasteiger partial charge in [-0.1, -0.05) is 25.9 Å². The van der Waals surface area contributed by atoms with E-state index in [0.29, 0.717) is 36.4 Å². The molecule has 6 nitrogen and oxygen atoms in total. The SMILES string of the molecule is CCc1noc(C)c1C(=O)NCCC(C)(C)CCC(=O)O. The fourth-order valence-corrected chi connectivity index (χ4v) is 2.12. The molecule has 0 aliphatic carbocycles. The highest BCUT2D eigenvalue weighted by Gasteiger charge is 2.22. The third-order valence-electron chi connectivity index (χ3n) is 3.60. The molecule has 0 bridgehead atoms. The molecule has 2 N–H and O–H groups in total. The molecule has 1 aromatic rings. The summed E-state index contributed by atoms with van der Waals surface area (Å²) in [7, 11) is 0. The van der Waals surface area contributed by atoms with Gasteiger partial charge in [-0.2, -0.15) is 0 Å². The van der Waals surface area contributed by atoms with E-state index in [2.05, 4.69) is 10.5 Å². The normalized spacial score (nSPS) is 11.4. The molecule has 6 heteroatoms. The highest BCUT2D eigenvalue weighted by atomic mass is 16.5. The first kappa shape index (κ1) is 17.2. The Balaban J connectivity index is 2.50. The van der Waals surface area contributed by atoms with Gasteiger partial charge < -0.3 is 14.9 Å². The number of hydrogen-bond donors (Lipinski definition) is 2. The Labute approximate surface area is 124 Å². The standard InChI is InChI=1S/C15H24N2O4/c1-5-11-13(10(2)21-17-11)14(20)16-9-8-15(3,4)7-6-12(18)19/h5-9H2,1-4H3,(H,16,20)(H,18,19). The second-order valence-electron chi connectivity index (χ2n) is 5.98. The minimum Gasteiger partial charge on any atom is -0.481 e. The van der Waals surface area contributed by atoms with E-state index in [1.165, 1.54) is 0 Å². The van der Waals surface area contributed by atoms with Gasteiger partial charge in [-0.15, -0.1) is 0 Å². The molecule has 0 aromatic carbocycles. The summed E-state index contributed by atoms with van der Waals surface area (Å²) in [6.45, 7) is 8.15. The third-order valence-corrected chi connectivity index (χ3v) is 3.60. The summed E-state index contributed by atoms with van der Waals surface area (Å²) in [5.74, 6) is -0.450. The van der Waals surface area contributed by atoms with Crippen molar-refractivity contribution in [2.24, 2.45) is 5.41 Å². The van der Waals surface area contributed by atoms with E-state index >= 15 is 0 Å². The van der Waals surface area contributed by atoms with E-state index in [9.17, 15) is 9.59 Å². The molecule has 118 valence electrons. The van der Waals surface area contributed by atoms with Gasteiger partial charge in [0.05, 0.1) is 5.69 Å². The molecule has 0 saturated heterocycles. The van der Waals surface area contributed by atoms with Gasteiger partial charge in [0.2, 0.25) is 0 Å². The first-order chi connectivity index (χ1) is 9.76. The Morgan fingerprint density at radius 2 is 2.00 bits per heavy atom. The van der Waals surface area contributed by atoms with Crippen LogP contribution in [0.2, 0.25) is 0 Å². The average molecular weight is 296 g/mol. The van der Waals surface area contributed by atoms with E-state index in [1.807, 2.05) is 20.8 Å². The number of carboxylic acid groups (broad SMARTS) is 1. The van der Waals surface area contributed by atoms with E-state index in [4.69, 9.17) is 9.63 Å². The molecule has 0 aliphatic rings. The van der Waals surface area contributed by atoms with Crippen LogP contribution in [0.4, 0.5) is 0 Å². The first-order valence-corrected chi connectivity index (χ1v) is 7.22. The van der Waals surface area contributed by atoms with Crippen molar-refractivity contribution in [3.8, 4) is 0 Å². The van der Waals surface area contributed by atoms with E-state index in [0.717, 1.165) is 6.42 Å². The molecule has 0 atom stereocenters. The van der Waals surface area contributed by atoms with Crippen LogP contribution in [0, 0.1) is 12.3 Å². The number of nitrogens with zero attached hydrogens (tertiary/aromatic N) is 1. The van der Waals surface area contributed by atoms with Gasteiger partial charge >= 0.3 is 5.97 Å². The van der Waals surface area contributed by atoms with Crippen molar-refractivity contribution in [1.29, 1.82) is 0 Å². The quantitative estimate of drug-likeness (QED) is 0.769. The maximum atomic E-state index is 12.2. The number of amides is 1. The largest absolute Gasteiger partial charge is 0.481 e. The van der Waals surface area contributed by atoms with Crippen LogP contribution in [0.5, 0.6) is 0 Å². The zero-order chi connectivity index (χ0) is 16.0. The van der Waals surface area contributed by atoms with E-state index in [-0.39, 0.29) is 17.7 Å². The summed E-state index contributed by atoms with van der Waals surface area (Å²) in [5, 5.41) is 15.4. The molecule has 0 fully saturated rings. The molecule has 21 heavy (non-hydrogen) atoms. The number of nitrogens with one attached hydrogen (secondary N) is 1. The Hall–Kier alpha value is -1.85. The highest BCUT2D eigenvalue weighted by Crippen LogP contribution is 2.26. The zero-order valence-electron chi connectivity index (χ0n) is 13.2. The van der Waals surface area contributed by atoms with Crippen molar-refractivity contribution in [2.75, 3.05) is 6.54 Å². The Morgan fingerprint density at radius 1 is 1.33 bits per heavy atom. The van der Waals surface area contributed by atoms with Crippen molar-refractivity contribution in [3.63, 3.8) is 0 Å². The predicted octanol–water partition coefficient (Wildman–Crippen LogP) is 2.56. The third kappa shape index (κ3) is 5.21. The van der Waals surface area contributed by atoms with Gasteiger partial charge in [-0.25, -0.2) is 0 Å². The van der Waals surface area contributed by atoms with Crippen LogP contribution < -0.4 is 5.32 Å². The van der Waals surface area contributed by atoms with Crippen LogP contribution in [0.1, 0.15) is 61.8 Å². The lowest BCUT2D eigenvalue weighted by molar-refractivity contribution is -0.137. The van der Waals surface area contributed by atoms with E-state index in [1.54, 1.807) is 6.92 Å². The summed E-state index contributed by atoms with van der Waals surface area (Å²) in [6.07, 6.45) is 2.10. The van der Waals surface area contributed by atoms with Crippen molar-refractivity contribution in [3.05, 3.63) is 17.0 Å². The van der Waals surface area contributed by atoms with Gasteiger partial charge in [0.1, 0.15) is 11.3 Å². The van der Waals surface area contributed by atoms with Gasteiger partial charge in [0.15, 0.2) is 0 Å². The molecule has 1 rings (SSSR count). The lowest BCUT2D eigenvalue weighted by Gasteiger charge is -2.23. The number of hydrogen-bond acceptors (Lipinski definition) is 4. The summed E-state index contributed by atoms with van der Waals surface area (Å²) in [5.41, 5.74) is 1.05. The highest BCUT2D eigenvalue weighted by molar-refractivity contribution is 5.96. The van der Waals surface area contributed by atoms with E-state index < -0.39 is 5.97 Å². The second-order valence-corrected chi connectivity index (χ2v) is 5.98. The molecule has 0 spiro atoms. The van der Waals surface area contributed by atoms with Gasteiger partial charge in [0, 0.05) is 13.0 Å². The average Bonchev–Trinajstić information content (AvgIpc) is 2.77. The van der Waals surface area contributed by atoms with Gasteiger partial charge in [-0.3, -0.25) is 9.59 Å². The molecule has 0 aliphatic heterocycles. The fraction of sp³-hybridized carbons (Fsp3) is 0.667. The van der Waals surface area contributed by atoms with Crippen LogP contribution in [-0.4, -0.2) is 28.7 Å². The van der Waals surface area contributed by atoms with Crippen LogP contribution in [0.25, 0.3) is 0 Å². The zero-order valence-corrected chi connectivity index (χ0v) is 13.2. The fourth-order valence-electron chi connectivity index (χ4n) is 2.12. The number of aliphatic carboxylic acids is 1. The molecular formula is C15H24N2O4. The lowest BCUT2D eigenvalue weighted by Crippen LogP contribution is -2.29. The lowest BCUT2D eigenvalue weighted by atomic mass is 9.84. The number of aryl methyl sites for hydroxylation is 2. The molecule has 1 heterocycles. The Morgan fingerprint density at radius 3 is 2.57 bits per heavy atom. The van der Waals surface area contributed by atoms with Gasteiger partial charge in [0.25, 0.3) is 5.91 Å². The topological polar surface area (TPSA) is 92.4 Å². The van der Waals surface area contributed by atoms with Crippen LogP contribution in [0.15, 0.2) is 4.52 Å². The maximum absolute atomic E-state index is 12.2. The minimum absolute atomic E-state index is 0.122. The molecule has 1 aromatic heterocycles. The number of carbonyl (C=O) groups excluding carboxylic acids is 1. The molecule has 0 radical (unpaired) electrons. The van der Waals surface area contributed by atoms with Crippen molar-refractivity contribution in [2.45, 2.75) is 53.4 Å². The first-order valence-electron chi connectivity index (χ1n) is 7.22. The monoisotopic (exact) mass is 296 g/mol. The number of rotatable bonds is 8. The van der Waals surface area contributed by atoms with Crippen molar-refractivity contribution >= 4 is 11.9 Å². The minimum atomic E-state index is -0.792.